The van der Waals surface area contributed by atoms with E-state index in [1.165, 1.54) is 4.90 Å². The first-order chi connectivity index (χ1) is 14.6. The maximum Gasteiger partial charge on any atom is 0.317 e. The van der Waals surface area contributed by atoms with Crippen molar-refractivity contribution in [2.24, 2.45) is 0 Å². The number of amides is 3. The first-order valence-corrected chi connectivity index (χ1v) is 10.3. The zero-order chi connectivity index (χ0) is 20.7. The molecular formula is C21H23N7O2. The number of imidazole rings is 1. The molecule has 2 aromatic heterocycles. The van der Waals surface area contributed by atoms with Crippen molar-refractivity contribution in [3.05, 3.63) is 41.3 Å². The van der Waals surface area contributed by atoms with E-state index >= 15 is 0 Å². The Labute approximate surface area is 173 Å². The Kier molecular flexibility index (Phi) is 4.57. The van der Waals surface area contributed by atoms with Crippen molar-refractivity contribution in [3.8, 4) is 11.3 Å². The summed E-state index contributed by atoms with van der Waals surface area (Å²) in [6.45, 7) is 3.10. The molecule has 0 saturated carbocycles. The van der Waals surface area contributed by atoms with Gasteiger partial charge >= 0.3 is 6.03 Å². The van der Waals surface area contributed by atoms with E-state index in [1.807, 2.05) is 31.3 Å². The summed E-state index contributed by atoms with van der Waals surface area (Å²) >= 11 is 0. The molecule has 1 aromatic carbocycles. The third kappa shape index (κ3) is 3.47. The number of rotatable bonds is 4. The zero-order valence-electron chi connectivity index (χ0n) is 16.8. The Balaban J connectivity index is 1.35. The van der Waals surface area contributed by atoms with Crippen LogP contribution in [0.2, 0.25) is 0 Å². The van der Waals surface area contributed by atoms with Crippen LogP contribution in [0.3, 0.4) is 0 Å². The van der Waals surface area contributed by atoms with Crippen LogP contribution in [-0.4, -0.2) is 56.1 Å². The number of fused-ring (bicyclic) bond motifs is 2. The van der Waals surface area contributed by atoms with E-state index in [1.54, 1.807) is 4.52 Å². The molecule has 154 valence electrons. The Morgan fingerprint density at radius 3 is 2.80 bits per heavy atom. The van der Waals surface area contributed by atoms with Gasteiger partial charge in [0.15, 0.2) is 0 Å². The first kappa shape index (κ1) is 18.5. The molecule has 0 bridgehead atoms. The summed E-state index contributed by atoms with van der Waals surface area (Å²) in [5, 5.41) is 10.3. The quantitative estimate of drug-likeness (QED) is 0.690. The van der Waals surface area contributed by atoms with Crippen molar-refractivity contribution in [2.75, 3.05) is 25.0 Å². The van der Waals surface area contributed by atoms with Crippen molar-refractivity contribution < 1.29 is 9.59 Å². The summed E-state index contributed by atoms with van der Waals surface area (Å²) in [4.78, 5) is 34.7. The maximum absolute atomic E-state index is 12.3. The van der Waals surface area contributed by atoms with Crippen molar-refractivity contribution in [1.82, 2.24) is 29.8 Å². The number of aromatic nitrogens is 4. The van der Waals surface area contributed by atoms with Crippen molar-refractivity contribution in [3.63, 3.8) is 0 Å². The molecule has 1 saturated heterocycles. The largest absolute Gasteiger partial charge is 0.336 e. The van der Waals surface area contributed by atoms with Crippen molar-refractivity contribution >= 4 is 23.4 Å². The minimum atomic E-state index is -0.213. The number of carbonyl (C=O) groups is 2. The summed E-state index contributed by atoms with van der Waals surface area (Å²) in [5.74, 6) is 0.402. The Morgan fingerprint density at radius 1 is 1.20 bits per heavy atom. The average Bonchev–Trinajstić information content (AvgIpc) is 3.33. The van der Waals surface area contributed by atoms with Gasteiger partial charge < -0.3 is 15.5 Å². The van der Waals surface area contributed by atoms with E-state index in [4.69, 9.17) is 10.1 Å². The second-order valence-corrected chi connectivity index (χ2v) is 7.81. The monoisotopic (exact) mass is 405 g/mol. The Morgan fingerprint density at radius 2 is 2.03 bits per heavy atom. The van der Waals surface area contributed by atoms with Crippen LogP contribution >= 0.6 is 0 Å². The first-order valence-electron chi connectivity index (χ1n) is 10.3. The maximum atomic E-state index is 12.3. The third-order valence-electron chi connectivity index (χ3n) is 5.62. The summed E-state index contributed by atoms with van der Waals surface area (Å²) in [5.41, 5.74) is 5.51. The predicted octanol–water partition coefficient (Wildman–Crippen LogP) is 1.94. The molecule has 9 heteroatoms. The molecule has 3 heterocycles. The lowest BCUT2D eigenvalue weighted by atomic mass is 10.0. The molecule has 1 aliphatic carbocycles. The van der Waals surface area contributed by atoms with E-state index in [9.17, 15) is 9.59 Å². The van der Waals surface area contributed by atoms with Crippen LogP contribution in [0.25, 0.3) is 17.0 Å². The van der Waals surface area contributed by atoms with Gasteiger partial charge in [0.05, 0.1) is 23.3 Å². The molecule has 1 aliphatic heterocycles. The summed E-state index contributed by atoms with van der Waals surface area (Å²) < 4.78 is 1.76. The number of urea groups is 1. The SMILES string of the molecule is Cc1cc(-c2cn3nc4c(nc3n2)CCCC4)ccc1NC(=O)CN1CCNC1=O. The van der Waals surface area contributed by atoms with Gasteiger partial charge in [-0.2, -0.15) is 5.10 Å². The van der Waals surface area contributed by atoms with E-state index < -0.39 is 0 Å². The fourth-order valence-electron chi connectivity index (χ4n) is 3.99. The van der Waals surface area contributed by atoms with Gasteiger partial charge in [0.1, 0.15) is 6.54 Å². The standard InChI is InChI=1S/C21H23N7O2/c1-13-10-14(6-7-15(13)23-19(29)12-27-9-8-22-21(27)30)18-11-28-20(25-18)24-16-4-2-3-5-17(16)26-28/h6-7,10-11H,2-5,8-9,12H2,1H3,(H,22,30)(H,23,29). The van der Waals surface area contributed by atoms with Crippen molar-refractivity contribution in [2.45, 2.75) is 32.6 Å². The fourth-order valence-corrected chi connectivity index (χ4v) is 3.99. The summed E-state index contributed by atoms with van der Waals surface area (Å²) in [7, 11) is 0. The highest BCUT2D eigenvalue weighted by Gasteiger charge is 2.22. The van der Waals surface area contributed by atoms with Gasteiger partial charge in [-0.05, 0) is 50.3 Å². The van der Waals surface area contributed by atoms with Crippen molar-refractivity contribution in [1.29, 1.82) is 0 Å². The lowest BCUT2D eigenvalue weighted by Gasteiger charge is -2.15. The van der Waals surface area contributed by atoms with E-state index in [0.717, 1.165) is 59.6 Å². The number of benzene rings is 1. The molecule has 1 fully saturated rings. The highest BCUT2D eigenvalue weighted by molar-refractivity contribution is 5.95. The number of aryl methyl sites for hydroxylation is 3. The molecule has 3 amide bonds. The molecule has 2 aliphatic rings. The zero-order valence-corrected chi connectivity index (χ0v) is 16.8. The molecule has 0 spiro atoms. The van der Waals surface area contributed by atoms with Crippen LogP contribution in [0, 0.1) is 6.92 Å². The number of carbonyl (C=O) groups excluding carboxylic acids is 2. The summed E-state index contributed by atoms with van der Waals surface area (Å²) in [6.07, 6.45) is 6.14. The Hall–Kier alpha value is -3.49. The van der Waals surface area contributed by atoms with Gasteiger partial charge in [0, 0.05) is 24.3 Å². The van der Waals surface area contributed by atoms with Crippen LogP contribution < -0.4 is 10.6 Å². The molecule has 3 aromatic rings. The molecule has 0 radical (unpaired) electrons. The lowest BCUT2D eigenvalue weighted by molar-refractivity contribution is -0.116. The smallest absolute Gasteiger partial charge is 0.317 e. The minimum absolute atomic E-state index is 0.0431. The number of hydrogen-bond donors (Lipinski definition) is 2. The Bertz CT molecular complexity index is 1110. The van der Waals surface area contributed by atoms with Gasteiger partial charge in [-0.25, -0.2) is 19.3 Å². The van der Waals surface area contributed by atoms with E-state index in [0.29, 0.717) is 18.9 Å². The van der Waals surface area contributed by atoms with Gasteiger partial charge in [-0.1, -0.05) is 6.07 Å². The molecule has 0 atom stereocenters. The minimum Gasteiger partial charge on any atom is -0.336 e. The number of nitrogens with zero attached hydrogens (tertiary/aromatic N) is 5. The van der Waals surface area contributed by atoms with Crippen LogP contribution in [0.1, 0.15) is 29.8 Å². The third-order valence-corrected chi connectivity index (χ3v) is 5.62. The van der Waals surface area contributed by atoms with Gasteiger partial charge in [0.25, 0.3) is 5.78 Å². The fraction of sp³-hybridized carbons (Fsp3) is 0.381. The highest BCUT2D eigenvalue weighted by atomic mass is 16.2. The topological polar surface area (TPSA) is 105 Å². The number of nitrogens with one attached hydrogen (secondary N) is 2. The predicted molar refractivity (Wildman–Crippen MR) is 111 cm³/mol. The second-order valence-electron chi connectivity index (χ2n) is 7.81. The number of hydrogen-bond acceptors (Lipinski definition) is 5. The van der Waals surface area contributed by atoms with Gasteiger partial charge in [0.2, 0.25) is 5.91 Å². The average molecular weight is 405 g/mol. The molecule has 2 N–H and O–H groups in total. The molecule has 30 heavy (non-hydrogen) atoms. The molecule has 9 nitrogen and oxygen atoms in total. The van der Waals surface area contributed by atoms with Crippen LogP contribution in [-0.2, 0) is 17.6 Å². The normalized spacial score (nSPS) is 15.9. The highest BCUT2D eigenvalue weighted by Crippen LogP contribution is 2.25. The molecular weight excluding hydrogens is 382 g/mol. The van der Waals surface area contributed by atoms with Gasteiger partial charge in [-0.3, -0.25) is 4.79 Å². The summed E-state index contributed by atoms with van der Waals surface area (Å²) in [6, 6.07) is 5.57. The number of anilines is 1. The van der Waals surface area contributed by atoms with E-state index in [-0.39, 0.29) is 18.5 Å². The second kappa shape index (κ2) is 7.40. The van der Waals surface area contributed by atoms with Crippen LogP contribution in [0.15, 0.2) is 24.4 Å². The van der Waals surface area contributed by atoms with Gasteiger partial charge in [-0.15, -0.1) is 0 Å². The molecule has 5 rings (SSSR count). The van der Waals surface area contributed by atoms with E-state index in [2.05, 4.69) is 15.6 Å². The van der Waals surface area contributed by atoms with Crippen LogP contribution in [0.4, 0.5) is 10.5 Å². The molecule has 0 unspecified atom stereocenters. The lowest BCUT2D eigenvalue weighted by Crippen LogP contribution is -2.35. The van der Waals surface area contributed by atoms with Crippen LogP contribution in [0.5, 0.6) is 0 Å².